The van der Waals surface area contributed by atoms with Gasteiger partial charge in [0.05, 0.1) is 5.02 Å². The second-order valence-electron chi connectivity index (χ2n) is 4.71. The van der Waals surface area contributed by atoms with Crippen molar-refractivity contribution in [2.75, 3.05) is 31.7 Å². The van der Waals surface area contributed by atoms with Crippen LogP contribution in [-0.4, -0.2) is 33.1 Å². The molecule has 98 valence electrons. The highest BCUT2D eigenvalue weighted by molar-refractivity contribution is 6.33. The van der Waals surface area contributed by atoms with E-state index in [9.17, 15) is 4.79 Å². The van der Waals surface area contributed by atoms with E-state index in [2.05, 4.69) is 4.90 Å². The number of hydrogen-bond acceptors (Lipinski definition) is 3. The number of piperidine rings is 1. The highest BCUT2D eigenvalue weighted by atomic mass is 35.5. The molecule has 0 unspecified atom stereocenters. The zero-order chi connectivity index (χ0) is 13.0. The van der Waals surface area contributed by atoms with Crippen molar-refractivity contribution in [3.63, 3.8) is 0 Å². The van der Waals surface area contributed by atoms with Crippen LogP contribution in [0.3, 0.4) is 0 Å². The fourth-order valence-electron chi connectivity index (χ4n) is 2.40. The summed E-state index contributed by atoms with van der Waals surface area (Å²) in [6.07, 6.45) is 3.07. The van der Waals surface area contributed by atoms with E-state index in [4.69, 9.17) is 16.3 Å². The predicted octanol–water partition coefficient (Wildman–Crippen LogP) is 3.02. The second-order valence-corrected chi connectivity index (χ2v) is 5.12. The molecule has 0 atom stereocenters. The van der Waals surface area contributed by atoms with Gasteiger partial charge in [-0.25, -0.2) is 0 Å². The molecule has 18 heavy (non-hydrogen) atoms. The van der Waals surface area contributed by atoms with Gasteiger partial charge >= 0.3 is 0 Å². The van der Waals surface area contributed by atoms with E-state index >= 15 is 0 Å². The van der Waals surface area contributed by atoms with Crippen LogP contribution in [0.5, 0.6) is 0 Å². The molecule has 0 radical (unpaired) electrons. The monoisotopic (exact) mass is 267 g/mol. The van der Waals surface area contributed by atoms with Crippen molar-refractivity contribution >= 4 is 23.6 Å². The van der Waals surface area contributed by atoms with E-state index in [-0.39, 0.29) is 0 Å². The number of carbonyl (C=O) groups excluding carboxylic acids is 1. The van der Waals surface area contributed by atoms with Gasteiger partial charge in [0.25, 0.3) is 0 Å². The van der Waals surface area contributed by atoms with Crippen LogP contribution in [0.15, 0.2) is 18.2 Å². The van der Waals surface area contributed by atoms with Crippen molar-refractivity contribution in [2.24, 2.45) is 5.92 Å². The highest BCUT2D eigenvalue weighted by Crippen LogP contribution is 2.27. The minimum absolute atomic E-state index is 0.529. The van der Waals surface area contributed by atoms with E-state index in [1.54, 1.807) is 13.2 Å². The molecule has 1 aromatic rings. The summed E-state index contributed by atoms with van der Waals surface area (Å²) in [5.74, 6) is 0.663. The molecule has 0 spiro atoms. The van der Waals surface area contributed by atoms with Crippen LogP contribution in [-0.2, 0) is 4.74 Å². The Morgan fingerprint density at radius 2 is 2.17 bits per heavy atom. The summed E-state index contributed by atoms with van der Waals surface area (Å²) in [4.78, 5) is 13.0. The van der Waals surface area contributed by atoms with Gasteiger partial charge in [-0.2, -0.15) is 0 Å². The summed E-state index contributed by atoms with van der Waals surface area (Å²) in [6, 6.07) is 5.63. The van der Waals surface area contributed by atoms with Gasteiger partial charge in [0.2, 0.25) is 0 Å². The van der Waals surface area contributed by atoms with E-state index in [0.717, 1.165) is 44.5 Å². The Labute approximate surface area is 113 Å². The average molecular weight is 268 g/mol. The minimum Gasteiger partial charge on any atom is -0.384 e. The van der Waals surface area contributed by atoms with E-state index < -0.39 is 0 Å². The number of nitrogens with zero attached hydrogens (tertiary/aromatic N) is 1. The van der Waals surface area contributed by atoms with Gasteiger partial charge in [-0.05, 0) is 37.0 Å². The standard InChI is InChI=1S/C14H18ClNO2/c1-18-10-11-4-6-16(7-5-11)13-3-2-12(9-17)14(15)8-13/h2-3,8-9,11H,4-7,10H2,1H3. The van der Waals surface area contributed by atoms with Gasteiger partial charge in [-0.1, -0.05) is 11.6 Å². The first kappa shape index (κ1) is 13.4. The molecule has 0 amide bonds. The molecule has 0 bridgehead atoms. The largest absolute Gasteiger partial charge is 0.384 e. The summed E-state index contributed by atoms with van der Waals surface area (Å²) >= 11 is 6.05. The van der Waals surface area contributed by atoms with Crippen LogP contribution >= 0.6 is 11.6 Å². The maximum atomic E-state index is 10.7. The molecular weight excluding hydrogens is 250 g/mol. The Kier molecular flexibility index (Phi) is 4.61. The quantitative estimate of drug-likeness (QED) is 0.786. The molecule has 0 N–H and O–H groups in total. The fraction of sp³-hybridized carbons (Fsp3) is 0.500. The molecule has 1 aliphatic rings. The summed E-state index contributed by atoms with van der Waals surface area (Å²) < 4.78 is 5.19. The van der Waals surface area contributed by atoms with Crippen LogP contribution in [0, 0.1) is 5.92 Å². The van der Waals surface area contributed by atoms with Crippen LogP contribution in [0.1, 0.15) is 23.2 Å². The van der Waals surface area contributed by atoms with Gasteiger partial charge in [0.15, 0.2) is 6.29 Å². The zero-order valence-corrected chi connectivity index (χ0v) is 11.3. The third-order valence-corrected chi connectivity index (χ3v) is 3.82. The topological polar surface area (TPSA) is 29.5 Å². The first-order valence-corrected chi connectivity index (χ1v) is 6.61. The number of methoxy groups -OCH3 is 1. The lowest BCUT2D eigenvalue weighted by atomic mass is 9.97. The SMILES string of the molecule is COCC1CCN(c2ccc(C=O)c(Cl)c2)CC1. The summed E-state index contributed by atoms with van der Waals surface area (Å²) in [5, 5.41) is 0.529. The van der Waals surface area contributed by atoms with Gasteiger partial charge in [-0.3, -0.25) is 4.79 Å². The molecule has 0 saturated carbocycles. The van der Waals surface area contributed by atoms with Gasteiger partial charge in [-0.15, -0.1) is 0 Å². The fourth-order valence-corrected chi connectivity index (χ4v) is 2.62. The molecule has 4 heteroatoms. The molecule has 1 saturated heterocycles. The number of aldehydes is 1. The molecule has 3 nitrogen and oxygen atoms in total. The number of anilines is 1. The molecule has 0 aliphatic carbocycles. The molecular formula is C14H18ClNO2. The third kappa shape index (κ3) is 3.03. The molecule has 1 aliphatic heterocycles. The Hall–Kier alpha value is -1.06. The van der Waals surface area contributed by atoms with Crippen LogP contribution in [0.4, 0.5) is 5.69 Å². The van der Waals surface area contributed by atoms with E-state index in [1.165, 1.54) is 0 Å². The first-order valence-electron chi connectivity index (χ1n) is 6.23. The first-order chi connectivity index (χ1) is 8.74. The highest BCUT2D eigenvalue weighted by Gasteiger charge is 2.19. The van der Waals surface area contributed by atoms with Crippen LogP contribution in [0.25, 0.3) is 0 Å². The summed E-state index contributed by atoms with van der Waals surface area (Å²) in [7, 11) is 1.75. The molecule has 1 aromatic carbocycles. The lowest BCUT2D eigenvalue weighted by Gasteiger charge is -2.33. The van der Waals surface area contributed by atoms with Crippen molar-refractivity contribution in [2.45, 2.75) is 12.8 Å². The lowest BCUT2D eigenvalue weighted by Crippen LogP contribution is -2.34. The average Bonchev–Trinajstić information content (AvgIpc) is 2.40. The van der Waals surface area contributed by atoms with Crippen molar-refractivity contribution in [1.82, 2.24) is 0 Å². The van der Waals surface area contributed by atoms with Gasteiger partial charge in [0, 0.05) is 38.1 Å². The Morgan fingerprint density at radius 1 is 1.44 bits per heavy atom. The van der Waals surface area contributed by atoms with Crippen molar-refractivity contribution in [3.05, 3.63) is 28.8 Å². The minimum atomic E-state index is 0.529. The number of ether oxygens (including phenoxy) is 1. The third-order valence-electron chi connectivity index (χ3n) is 3.49. The molecule has 2 rings (SSSR count). The number of benzene rings is 1. The van der Waals surface area contributed by atoms with Gasteiger partial charge in [0.1, 0.15) is 0 Å². The number of halogens is 1. The number of hydrogen-bond donors (Lipinski definition) is 0. The van der Waals surface area contributed by atoms with E-state index in [1.807, 2.05) is 12.1 Å². The Morgan fingerprint density at radius 3 is 2.72 bits per heavy atom. The summed E-state index contributed by atoms with van der Waals surface area (Å²) in [5.41, 5.74) is 1.65. The van der Waals surface area contributed by atoms with Crippen molar-refractivity contribution < 1.29 is 9.53 Å². The number of rotatable bonds is 4. The normalized spacial score (nSPS) is 16.9. The van der Waals surface area contributed by atoms with Crippen LogP contribution < -0.4 is 4.90 Å². The lowest BCUT2D eigenvalue weighted by molar-refractivity contribution is 0.112. The van der Waals surface area contributed by atoms with Gasteiger partial charge < -0.3 is 9.64 Å². The second kappa shape index (κ2) is 6.21. The number of carbonyl (C=O) groups is 1. The summed E-state index contributed by atoms with van der Waals surface area (Å²) in [6.45, 7) is 2.88. The molecule has 1 heterocycles. The van der Waals surface area contributed by atoms with Crippen LogP contribution in [0.2, 0.25) is 5.02 Å². The van der Waals surface area contributed by atoms with E-state index in [0.29, 0.717) is 16.5 Å². The molecule has 0 aromatic heterocycles. The Balaban J connectivity index is 2.01. The van der Waals surface area contributed by atoms with Crippen molar-refractivity contribution in [1.29, 1.82) is 0 Å². The molecule has 1 fully saturated rings. The maximum absolute atomic E-state index is 10.7. The Bertz CT molecular complexity index is 414. The smallest absolute Gasteiger partial charge is 0.151 e. The van der Waals surface area contributed by atoms with Crippen molar-refractivity contribution in [3.8, 4) is 0 Å². The predicted molar refractivity (Wildman–Crippen MR) is 73.7 cm³/mol. The zero-order valence-electron chi connectivity index (χ0n) is 10.6. The maximum Gasteiger partial charge on any atom is 0.151 e.